The van der Waals surface area contributed by atoms with Crippen LogP contribution < -0.4 is 10.6 Å². The van der Waals surface area contributed by atoms with Crippen molar-refractivity contribution in [3.05, 3.63) is 34.2 Å². The number of aromatic nitrogens is 1. The molecule has 0 aliphatic carbocycles. The lowest BCUT2D eigenvalue weighted by Gasteiger charge is -2.02. The largest absolute Gasteiger partial charge is 0.384 e. The third kappa shape index (κ3) is 2.06. The molecule has 0 saturated heterocycles. The Morgan fingerprint density at radius 3 is 3.29 bits per heavy atom. The molecule has 0 fully saturated rings. The summed E-state index contributed by atoms with van der Waals surface area (Å²) in [6.45, 7) is 1.90. The second-order valence-corrected chi connectivity index (χ2v) is 5.15. The van der Waals surface area contributed by atoms with Crippen LogP contribution in [0, 0.1) is 0 Å². The van der Waals surface area contributed by atoms with Gasteiger partial charge in [-0.3, -0.25) is 0 Å². The maximum absolute atomic E-state index is 4.62. The van der Waals surface area contributed by atoms with E-state index in [0.717, 1.165) is 30.2 Å². The Morgan fingerprint density at radius 1 is 1.47 bits per heavy atom. The molecule has 0 unspecified atom stereocenters. The van der Waals surface area contributed by atoms with Crippen LogP contribution in [0.3, 0.4) is 0 Å². The third-order valence-corrected chi connectivity index (χ3v) is 3.84. The zero-order valence-electron chi connectivity index (χ0n) is 9.79. The van der Waals surface area contributed by atoms with Crippen molar-refractivity contribution in [1.82, 2.24) is 10.3 Å². The predicted molar refractivity (Wildman–Crippen MR) is 72.5 cm³/mol. The minimum absolute atomic E-state index is 0.841. The highest BCUT2D eigenvalue weighted by Crippen LogP contribution is 2.29. The summed E-state index contributed by atoms with van der Waals surface area (Å²) in [7, 11) is 1.94. The van der Waals surface area contributed by atoms with Gasteiger partial charge in [0.05, 0.1) is 5.69 Å². The Labute approximate surface area is 105 Å². The molecule has 17 heavy (non-hydrogen) atoms. The number of rotatable bonds is 3. The van der Waals surface area contributed by atoms with Crippen LogP contribution in [-0.4, -0.2) is 18.6 Å². The summed E-state index contributed by atoms with van der Waals surface area (Å²) in [4.78, 5) is 4.62. The lowest BCUT2D eigenvalue weighted by atomic mass is 10.1. The fourth-order valence-electron chi connectivity index (χ4n) is 2.13. The summed E-state index contributed by atoms with van der Waals surface area (Å²) in [6.07, 6.45) is 1.14. The fourth-order valence-corrected chi connectivity index (χ4v) is 2.94. The van der Waals surface area contributed by atoms with Crippen LogP contribution in [0.1, 0.15) is 10.6 Å². The van der Waals surface area contributed by atoms with Crippen molar-refractivity contribution in [3.63, 3.8) is 0 Å². The van der Waals surface area contributed by atoms with E-state index in [2.05, 4.69) is 39.2 Å². The normalized spacial score (nSPS) is 13.5. The van der Waals surface area contributed by atoms with Crippen molar-refractivity contribution in [2.45, 2.75) is 13.0 Å². The van der Waals surface area contributed by atoms with Crippen LogP contribution in [0.5, 0.6) is 0 Å². The third-order valence-electron chi connectivity index (χ3n) is 3.00. The molecule has 3 rings (SSSR count). The van der Waals surface area contributed by atoms with E-state index in [4.69, 9.17) is 0 Å². The van der Waals surface area contributed by atoms with E-state index < -0.39 is 0 Å². The van der Waals surface area contributed by atoms with Gasteiger partial charge < -0.3 is 10.6 Å². The average molecular weight is 245 g/mol. The highest BCUT2D eigenvalue weighted by molar-refractivity contribution is 7.09. The second kappa shape index (κ2) is 4.47. The van der Waals surface area contributed by atoms with Gasteiger partial charge in [0, 0.05) is 29.7 Å². The number of fused-ring (bicyclic) bond motifs is 1. The van der Waals surface area contributed by atoms with Crippen LogP contribution in [0.25, 0.3) is 11.3 Å². The van der Waals surface area contributed by atoms with Gasteiger partial charge in [-0.2, -0.15) is 0 Å². The van der Waals surface area contributed by atoms with E-state index >= 15 is 0 Å². The monoisotopic (exact) mass is 245 g/mol. The number of nitrogens with one attached hydrogen (secondary N) is 2. The van der Waals surface area contributed by atoms with Gasteiger partial charge >= 0.3 is 0 Å². The van der Waals surface area contributed by atoms with Crippen LogP contribution in [-0.2, 0) is 13.0 Å². The summed E-state index contributed by atoms with van der Waals surface area (Å²) >= 11 is 1.71. The molecule has 2 heterocycles. The summed E-state index contributed by atoms with van der Waals surface area (Å²) < 4.78 is 0. The van der Waals surface area contributed by atoms with E-state index in [1.807, 2.05) is 7.05 Å². The lowest BCUT2D eigenvalue weighted by molar-refractivity contribution is 0.811. The second-order valence-electron chi connectivity index (χ2n) is 4.21. The van der Waals surface area contributed by atoms with E-state index in [-0.39, 0.29) is 0 Å². The highest BCUT2D eigenvalue weighted by atomic mass is 32.1. The summed E-state index contributed by atoms with van der Waals surface area (Å²) in [5.41, 5.74) is 4.97. The van der Waals surface area contributed by atoms with Gasteiger partial charge in [0.15, 0.2) is 0 Å². The first-order valence-electron chi connectivity index (χ1n) is 5.83. The Morgan fingerprint density at radius 2 is 2.41 bits per heavy atom. The SMILES string of the molecule is CNCc1nc(-c2ccc3c(c2)NCC3)cs1. The van der Waals surface area contributed by atoms with Crippen molar-refractivity contribution >= 4 is 17.0 Å². The van der Waals surface area contributed by atoms with Crippen molar-refractivity contribution < 1.29 is 0 Å². The predicted octanol–water partition coefficient (Wildman–Crippen LogP) is 2.50. The maximum atomic E-state index is 4.62. The molecule has 0 radical (unpaired) electrons. The molecule has 0 amide bonds. The van der Waals surface area contributed by atoms with Crippen molar-refractivity contribution in [2.24, 2.45) is 0 Å². The summed E-state index contributed by atoms with van der Waals surface area (Å²) in [5.74, 6) is 0. The number of nitrogens with zero attached hydrogens (tertiary/aromatic N) is 1. The van der Waals surface area contributed by atoms with E-state index in [0.29, 0.717) is 0 Å². The molecule has 2 aromatic rings. The number of hydrogen-bond acceptors (Lipinski definition) is 4. The van der Waals surface area contributed by atoms with Crippen LogP contribution in [0.4, 0.5) is 5.69 Å². The lowest BCUT2D eigenvalue weighted by Crippen LogP contribution is -2.04. The van der Waals surface area contributed by atoms with Gasteiger partial charge in [-0.15, -0.1) is 11.3 Å². The zero-order chi connectivity index (χ0) is 11.7. The molecular weight excluding hydrogens is 230 g/mol. The maximum Gasteiger partial charge on any atom is 0.107 e. The molecule has 1 aromatic heterocycles. The molecule has 4 heteroatoms. The van der Waals surface area contributed by atoms with Gasteiger partial charge in [0.2, 0.25) is 0 Å². The summed E-state index contributed by atoms with van der Waals surface area (Å²) in [6, 6.07) is 6.59. The quantitative estimate of drug-likeness (QED) is 0.872. The van der Waals surface area contributed by atoms with Crippen molar-refractivity contribution in [2.75, 3.05) is 18.9 Å². The Kier molecular flexibility index (Phi) is 2.82. The van der Waals surface area contributed by atoms with Gasteiger partial charge in [-0.25, -0.2) is 4.98 Å². The molecule has 0 atom stereocenters. The first-order chi connectivity index (χ1) is 8.36. The molecule has 0 bridgehead atoms. The van der Waals surface area contributed by atoms with Gasteiger partial charge in [-0.05, 0) is 25.1 Å². The summed E-state index contributed by atoms with van der Waals surface area (Å²) in [5, 5.41) is 9.79. The number of hydrogen-bond donors (Lipinski definition) is 2. The molecular formula is C13H15N3S. The zero-order valence-corrected chi connectivity index (χ0v) is 10.6. The van der Waals surface area contributed by atoms with Gasteiger partial charge in [-0.1, -0.05) is 12.1 Å². The molecule has 88 valence electrons. The van der Waals surface area contributed by atoms with Crippen molar-refractivity contribution in [1.29, 1.82) is 0 Å². The topological polar surface area (TPSA) is 37.0 Å². The number of thiazole rings is 1. The minimum Gasteiger partial charge on any atom is -0.384 e. The number of benzene rings is 1. The molecule has 0 spiro atoms. The minimum atomic E-state index is 0.841. The standard InChI is InChI=1S/C13H15N3S/c1-14-7-13-16-12(8-17-13)10-3-2-9-4-5-15-11(9)6-10/h2-3,6,8,14-15H,4-5,7H2,1H3. The van der Waals surface area contributed by atoms with E-state index in [1.54, 1.807) is 11.3 Å². The first-order valence-corrected chi connectivity index (χ1v) is 6.71. The van der Waals surface area contributed by atoms with E-state index in [1.165, 1.54) is 16.8 Å². The van der Waals surface area contributed by atoms with Crippen LogP contribution in [0.2, 0.25) is 0 Å². The van der Waals surface area contributed by atoms with E-state index in [9.17, 15) is 0 Å². The molecule has 1 aliphatic rings. The smallest absolute Gasteiger partial charge is 0.107 e. The first kappa shape index (κ1) is 10.7. The Balaban J connectivity index is 1.92. The Bertz CT molecular complexity index is 533. The van der Waals surface area contributed by atoms with Gasteiger partial charge in [0.1, 0.15) is 5.01 Å². The van der Waals surface area contributed by atoms with Crippen molar-refractivity contribution in [3.8, 4) is 11.3 Å². The average Bonchev–Trinajstić information content (AvgIpc) is 2.96. The molecule has 2 N–H and O–H groups in total. The molecule has 3 nitrogen and oxygen atoms in total. The molecule has 1 aromatic carbocycles. The van der Waals surface area contributed by atoms with Gasteiger partial charge in [0.25, 0.3) is 0 Å². The Hall–Kier alpha value is -1.39. The number of anilines is 1. The molecule has 1 aliphatic heterocycles. The highest BCUT2D eigenvalue weighted by Gasteiger charge is 2.11. The van der Waals surface area contributed by atoms with Crippen LogP contribution in [0.15, 0.2) is 23.6 Å². The molecule has 0 saturated carbocycles. The fraction of sp³-hybridized carbons (Fsp3) is 0.308. The van der Waals surface area contributed by atoms with Crippen LogP contribution >= 0.6 is 11.3 Å².